The third kappa shape index (κ3) is 2.56. The highest BCUT2D eigenvalue weighted by molar-refractivity contribution is 6.31. The van der Waals surface area contributed by atoms with Gasteiger partial charge >= 0.3 is 0 Å². The van der Waals surface area contributed by atoms with Gasteiger partial charge < -0.3 is 33.9 Å². The van der Waals surface area contributed by atoms with Gasteiger partial charge in [-0.1, -0.05) is 36.4 Å². The van der Waals surface area contributed by atoms with Crippen LogP contribution in [-0.4, -0.2) is 57.3 Å². The van der Waals surface area contributed by atoms with E-state index < -0.39 is 24.3 Å². The molecular formula is C30H28N4O5. The van der Waals surface area contributed by atoms with Crippen molar-refractivity contribution in [2.75, 3.05) is 14.2 Å². The fourth-order valence-electron chi connectivity index (χ4n) is 7.67. The van der Waals surface area contributed by atoms with Crippen LogP contribution in [0.25, 0.3) is 43.6 Å². The smallest absolute Gasteiger partial charge is 0.254 e. The van der Waals surface area contributed by atoms with Crippen LogP contribution in [0.5, 0.6) is 0 Å². The van der Waals surface area contributed by atoms with Gasteiger partial charge in [0.25, 0.3) is 5.91 Å². The third-order valence-electron chi connectivity index (χ3n) is 9.24. The van der Waals surface area contributed by atoms with E-state index >= 15 is 0 Å². The Kier molecular flexibility index (Phi) is 4.35. The molecule has 1 fully saturated rings. The molecule has 2 aromatic heterocycles. The number of likely N-dealkylation sites (N-methyl/N-ethyl adjacent to an activating group) is 1. The summed E-state index contributed by atoms with van der Waals surface area (Å²) in [5.74, 6) is -0.340. The van der Waals surface area contributed by atoms with E-state index in [1.54, 1.807) is 18.9 Å². The number of ether oxygens (including phenoxy) is 2. The molecule has 3 aliphatic heterocycles. The van der Waals surface area contributed by atoms with Crippen molar-refractivity contribution in [2.45, 2.75) is 50.6 Å². The Hall–Kier alpha value is -3.92. The minimum absolute atomic E-state index is 0.0504. The average Bonchev–Trinajstić information content (AvgIpc) is 3.52. The Morgan fingerprint density at radius 3 is 2.46 bits per heavy atom. The first-order valence-electron chi connectivity index (χ1n) is 13.2. The molecule has 0 saturated carbocycles. The molecule has 2 N–H and O–H groups in total. The predicted octanol–water partition coefficient (Wildman–Crippen LogP) is 4.10. The van der Waals surface area contributed by atoms with Gasteiger partial charge in [-0.3, -0.25) is 9.59 Å². The normalized spacial score (nSPS) is 27.5. The zero-order valence-corrected chi connectivity index (χ0v) is 22.1. The molecule has 0 aliphatic carbocycles. The molecule has 2 bridgehead atoms. The highest BCUT2D eigenvalue weighted by Crippen LogP contribution is 2.54. The number of rotatable bonds is 2. The Morgan fingerprint density at radius 2 is 1.77 bits per heavy atom. The molecule has 3 aliphatic rings. The second-order valence-corrected chi connectivity index (χ2v) is 11.1. The van der Waals surface area contributed by atoms with Crippen molar-refractivity contribution in [1.82, 2.24) is 19.4 Å². The summed E-state index contributed by atoms with van der Waals surface area (Å²) in [7, 11) is 3.48. The zero-order valence-electron chi connectivity index (χ0n) is 22.1. The van der Waals surface area contributed by atoms with Gasteiger partial charge in [-0.2, -0.15) is 0 Å². The van der Waals surface area contributed by atoms with Crippen molar-refractivity contribution < 1.29 is 24.2 Å². The number of hydrogen-bond acceptors (Lipinski definition) is 5. The van der Waals surface area contributed by atoms with Gasteiger partial charge in [0.05, 0.1) is 33.7 Å². The number of amides is 2. The molecule has 1 saturated heterocycles. The number of hydrogen-bond donors (Lipinski definition) is 2. The molecule has 5 heterocycles. The number of nitrogens with one attached hydrogen (secondary N) is 1. The first kappa shape index (κ1) is 23.0. The maximum absolute atomic E-state index is 13.5. The second kappa shape index (κ2) is 7.38. The fraction of sp³-hybridized carbons (Fsp3) is 0.333. The first-order chi connectivity index (χ1) is 18.8. The molecule has 0 spiro atoms. The summed E-state index contributed by atoms with van der Waals surface area (Å²) in [5, 5.41) is 17.4. The number of para-hydroxylation sites is 2. The van der Waals surface area contributed by atoms with Gasteiger partial charge in [0.1, 0.15) is 12.3 Å². The Morgan fingerprint density at radius 1 is 1.10 bits per heavy atom. The van der Waals surface area contributed by atoms with Crippen molar-refractivity contribution in [1.29, 1.82) is 0 Å². The number of benzene rings is 3. The summed E-state index contributed by atoms with van der Waals surface area (Å²) in [6.07, 6.45) is -1.56. The lowest BCUT2D eigenvalue weighted by Gasteiger charge is -2.50. The molecule has 9 heteroatoms. The highest BCUT2D eigenvalue weighted by Gasteiger charge is 2.55. The largest absolute Gasteiger partial charge is 0.374 e. The van der Waals surface area contributed by atoms with Crippen LogP contribution in [0.3, 0.4) is 0 Å². The standard InChI is InChI=1S/C30H28N4O5/c1-14(35)32(3)19-13-20-33-17-11-7-5-9-15(17)21-23-24(29(37)31-28(23)36)22-16-10-6-8-12-18(16)34(26(22)25(21)33)30(2,39-20)27(19)38-4/h5-12,19-20,27,29,37H,13H2,1-4H3,(H,31,36). The van der Waals surface area contributed by atoms with Gasteiger partial charge in [-0.25, -0.2) is 0 Å². The van der Waals surface area contributed by atoms with Gasteiger partial charge in [0.15, 0.2) is 12.0 Å². The summed E-state index contributed by atoms with van der Waals surface area (Å²) >= 11 is 0. The number of methoxy groups -OCH3 is 1. The molecule has 5 unspecified atom stereocenters. The molecule has 2 amide bonds. The van der Waals surface area contributed by atoms with E-state index in [1.807, 2.05) is 62.5 Å². The SMILES string of the molecule is COC1C(N(C)C(C)=O)CC2OC1(C)n1c3ccccc3c3c4c(c5c6ccccc6n2c5c31)C(=O)NC4O. The number of carbonyl (C=O) groups is 2. The minimum atomic E-state index is -1.13. The van der Waals surface area contributed by atoms with Crippen molar-refractivity contribution in [2.24, 2.45) is 0 Å². The third-order valence-corrected chi connectivity index (χ3v) is 9.24. The van der Waals surface area contributed by atoms with Crippen LogP contribution in [0, 0.1) is 0 Å². The molecule has 0 radical (unpaired) electrons. The number of aromatic nitrogens is 2. The number of aliphatic hydroxyl groups is 1. The lowest BCUT2D eigenvalue weighted by atomic mass is 9.91. The van der Waals surface area contributed by atoms with E-state index in [4.69, 9.17) is 9.47 Å². The number of nitrogens with zero attached hydrogens (tertiary/aromatic N) is 3. The molecule has 198 valence electrons. The predicted molar refractivity (Wildman–Crippen MR) is 146 cm³/mol. The first-order valence-corrected chi connectivity index (χ1v) is 13.2. The Labute approximate surface area is 223 Å². The number of aliphatic hydroxyl groups excluding tert-OH is 1. The van der Waals surface area contributed by atoms with E-state index in [1.165, 1.54) is 0 Å². The maximum Gasteiger partial charge on any atom is 0.254 e. The summed E-state index contributed by atoms with van der Waals surface area (Å²) in [4.78, 5) is 27.9. The van der Waals surface area contributed by atoms with E-state index in [-0.39, 0.29) is 17.9 Å². The van der Waals surface area contributed by atoms with Gasteiger partial charge in [-0.15, -0.1) is 0 Å². The average molecular weight is 525 g/mol. The Balaban J connectivity index is 1.67. The van der Waals surface area contributed by atoms with Crippen LogP contribution in [0.4, 0.5) is 0 Å². The van der Waals surface area contributed by atoms with Crippen LogP contribution >= 0.6 is 0 Å². The van der Waals surface area contributed by atoms with Crippen molar-refractivity contribution in [3.63, 3.8) is 0 Å². The molecular weight excluding hydrogens is 496 g/mol. The monoisotopic (exact) mass is 524 g/mol. The number of carbonyl (C=O) groups excluding carboxylic acids is 2. The second-order valence-electron chi connectivity index (χ2n) is 11.1. The number of fused-ring (bicyclic) bond motifs is 13. The Bertz CT molecular complexity index is 1920. The maximum atomic E-state index is 13.5. The van der Waals surface area contributed by atoms with Gasteiger partial charge in [0.2, 0.25) is 5.91 Å². The fourth-order valence-corrected chi connectivity index (χ4v) is 7.67. The van der Waals surface area contributed by atoms with Crippen LogP contribution < -0.4 is 5.32 Å². The summed E-state index contributed by atoms with van der Waals surface area (Å²) in [5.41, 5.74) is 3.69. The molecule has 5 atom stereocenters. The molecule has 5 aromatic rings. The lowest BCUT2D eigenvalue weighted by molar-refractivity contribution is -0.266. The molecule has 8 rings (SSSR count). The van der Waals surface area contributed by atoms with E-state index in [9.17, 15) is 14.7 Å². The minimum Gasteiger partial charge on any atom is -0.374 e. The van der Waals surface area contributed by atoms with Crippen LogP contribution in [0.15, 0.2) is 48.5 Å². The van der Waals surface area contributed by atoms with E-state index in [2.05, 4.69) is 14.5 Å². The topological polar surface area (TPSA) is 98.0 Å². The highest BCUT2D eigenvalue weighted by atomic mass is 16.6. The lowest BCUT2D eigenvalue weighted by Crippen LogP contribution is -2.61. The van der Waals surface area contributed by atoms with Crippen molar-refractivity contribution in [3.05, 3.63) is 59.7 Å². The van der Waals surface area contributed by atoms with Crippen molar-refractivity contribution >= 4 is 55.4 Å². The molecule has 9 nitrogen and oxygen atoms in total. The van der Waals surface area contributed by atoms with Gasteiger partial charge in [0, 0.05) is 54.6 Å². The zero-order chi connectivity index (χ0) is 27.0. The van der Waals surface area contributed by atoms with Gasteiger partial charge in [-0.05, 0) is 19.1 Å². The van der Waals surface area contributed by atoms with Crippen LogP contribution in [0.2, 0.25) is 0 Å². The van der Waals surface area contributed by atoms with E-state index in [0.717, 1.165) is 43.6 Å². The molecule has 39 heavy (non-hydrogen) atoms. The van der Waals surface area contributed by atoms with Crippen LogP contribution in [0.1, 0.15) is 48.6 Å². The molecule has 3 aromatic carbocycles. The summed E-state index contributed by atoms with van der Waals surface area (Å²) in [6, 6.07) is 15.7. The van der Waals surface area contributed by atoms with E-state index in [0.29, 0.717) is 17.5 Å². The summed E-state index contributed by atoms with van der Waals surface area (Å²) in [6.45, 7) is 3.59. The quantitative estimate of drug-likeness (QED) is 0.362. The van der Waals surface area contributed by atoms with Crippen LogP contribution in [-0.2, 0) is 20.0 Å². The van der Waals surface area contributed by atoms with Crippen molar-refractivity contribution in [3.8, 4) is 0 Å². The summed E-state index contributed by atoms with van der Waals surface area (Å²) < 4.78 is 17.6.